The van der Waals surface area contributed by atoms with Crippen molar-refractivity contribution in [1.82, 2.24) is 15.2 Å². The molecule has 3 nitrogen and oxygen atoms in total. The number of aromatic nitrogens is 1. The zero-order chi connectivity index (χ0) is 11.6. The SMILES string of the molecule is C#CCNCCN(CC)Cc1ccccn1. The maximum absolute atomic E-state index is 5.17. The quantitative estimate of drug-likeness (QED) is 0.548. The van der Waals surface area contributed by atoms with Crippen molar-refractivity contribution in [3.63, 3.8) is 0 Å². The van der Waals surface area contributed by atoms with E-state index in [4.69, 9.17) is 6.42 Å². The Hall–Kier alpha value is -1.37. The molecule has 0 aliphatic heterocycles. The summed E-state index contributed by atoms with van der Waals surface area (Å²) in [6, 6.07) is 6.01. The minimum atomic E-state index is 0.640. The minimum absolute atomic E-state index is 0.640. The molecular weight excluding hydrogens is 198 g/mol. The predicted molar refractivity (Wildman–Crippen MR) is 66.9 cm³/mol. The fraction of sp³-hybridized carbons (Fsp3) is 0.462. The molecule has 1 aromatic rings. The van der Waals surface area contributed by atoms with Crippen LogP contribution in [0.2, 0.25) is 0 Å². The Morgan fingerprint density at radius 3 is 3.00 bits per heavy atom. The molecule has 0 spiro atoms. The first-order chi connectivity index (χ1) is 7.86. The summed E-state index contributed by atoms with van der Waals surface area (Å²) in [5.41, 5.74) is 1.11. The third-order valence-electron chi connectivity index (χ3n) is 2.39. The van der Waals surface area contributed by atoms with Gasteiger partial charge in [-0.2, -0.15) is 0 Å². The van der Waals surface area contributed by atoms with Crippen molar-refractivity contribution < 1.29 is 0 Å². The molecular formula is C13H19N3. The van der Waals surface area contributed by atoms with E-state index in [1.165, 1.54) is 0 Å². The summed E-state index contributed by atoms with van der Waals surface area (Å²) in [5.74, 6) is 2.57. The standard InChI is InChI=1S/C13H19N3/c1-3-8-14-10-11-16(4-2)12-13-7-5-6-9-15-13/h1,5-7,9,14H,4,8,10-12H2,2H3. The highest BCUT2D eigenvalue weighted by molar-refractivity contribution is 5.03. The van der Waals surface area contributed by atoms with Crippen LogP contribution in [0, 0.1) is 12.3 Å². The number of hydrogen-bond acceptors (Lipinski definition) is 3. The number of rotatable bonds is 7. The van der Waals surface area contributed by atoms with Gasteiger partial charge < -0.3 is 5.32 Å². The Morgan fingerprint density at radius 2 is 2.38 bits per heavy atom. The fourth-order valence-corrected chi connectivity index (χ4v) is 1.47. The average Bonchev–Trinajstić information content (AvgIpc) is 2.34. The summed E-state index contributed by atoms with van der Waals surface area (Å²) < 4.78 is 0. The molecule has 1 heterocycles. The van der Waals surface area contributed by atoms with Crippen molar-refractivity contribution in [1.29, 1.82) is 0 Å². The van der Waals surface area contributed by atoms with Gasteiger partial charge in [-0.05, 0) is 18.7 Å². The van der Waals surface area contributed by atoms with E-state index in [0.717, 1.165) is 31.9 Å². The second kappa shape index (κ2) is 7.86. The maximum Gasteiger partial charge on any atom is 0.0574 e. The summed E-state index contributed by atoms with van der Waals surface area (Å²) in [5, 5.41) is 3.19. The second-order valence-corrected chi connectivity index (χ2v) is 3.57. The molecule has 86 valence electrons. The van der Waals surface area contributed by atoms with Gasteiger partial charge in [-0.1, -0.05) is 18.9 Å². The molecule has 0 unspecified atom stereocenters. The van der Waals surface area contributed by atoms with E-state index in [-0.39, 0.29) is 0 Å². The zero-order valence-electron chi connectivity index (χ0n) is 9.82. The average molecular weight is 217 g/mol. The molecule has 16 heavy (non-hydrogen) atoms. The van der Waals surface area contributed by atoms with E-state index < -0.39 is 0 Å². The number of nitrogens with one attached hydrogen (secondary N) is 1. The summed E-state index contributed by atoms with van der Waals surface area (Å²) >= 11 is 0. The van der Waals surface area contributed by atoms with E-state index in [1.54, 1.807) is 0 Å². The van der Waals surface area contributed by atoms with E-state index in [9.17, 15) is 0 Å². The molecule has 0 atom stereocenters. The molecule has 0 radical (unpaired) electrons. The van der Waals surface area contributed by atoms with Crippen LogP contribution in [0.15, 0.2) is 24.4 Å². The first kappa shape index (κ1) is 12.7. The third kappa shape index (κ3) is 4.92. The number of likely N-dealkylation sites (N-methyl/N-ethyl adjacent to an activating group) is 1. The largest absolute Gasteiger partial charge is 0.305 e. The van der Waals surface area contributed by atoms with Crippen LogP contribution in [-0.2, 0) is 6.54 Å². The van der Waals surface area contributed by atoms with Crippen molar-refractivity contribution in [3.8, 4) is 12.3 Å². The topological polar surface area (TPSA) is 28.2 Å². The minimum Gasteiger partial charge on any atom is -0.305 e. The summed E-state index contributed by atoms with van der Waals surface area (Å²) in [4.78, 5) is 6.66. The van der Waals surface area contributed by atoms with Crippen LogP contribution < -0.4 is 5.32 Å². The Labute approximate surface area is 97.9 Å². The molecule has 0 amide bonds. The Balaban J connectivity index is 2.30. The second-order valence-electron chi connectivity index (χ2n) is 3.57. The van der Waals surface area contributed by atoms with Crippen molar-refractivity contribution in [2.75, 3.05) is 26.2 Å². The zero-order valence-corrected chi connectivity index (χ0v) is 9.82. The van der Waals surface area contributed by atoms with Crippen molar-refractivity contribution in [2.45, 2.75) is 13.5 Å². The molecule has 0 saturated carbocycles. The lowest BCUT2D eigenvalue weighted by Gasteiger charge is -2.19. The molecule has 0 aliphatic rings. The molecule has 1 rings (SSSR count). The van der Waals surface area contributed by atoms with E-state index >= 15 is 0 Å². The monoisotopic (exact) mass is 217 g/mol. The molecule has 0 fully saturated rings. The third-order valence-corrected chi connectivity index (χ3v) is 2.39. The summed E-state index contributed by atoms with van der Waals surface area (Å²) in [6.07, 6.45) is 7.00. The normalized spacial score (nSPS) is 10.3. The molecule has 0 saturated heterocycles. The molecule has 3 heteroatoms. The van der Waals surface area contributed by atoms with Crippen molar-refractivity contribution in [2.24, 2.45) is 0 Å². The maximum atomic E-state index is 5.17. The summed E-state index contributed by atoms with van der Waals surface area (Å²) in [6.45, 7) is 6.63. The fourth-order valence-electron chi connectivity index (χ4n) is 1.47. The van der Waals surface area contributed by atoms with Crippen molar-refractivity contribution in [3.05, 3.63) is 30.1 Å². The number of nitrogens with zero attached hydrogens (tertiary/aromatic N) is 2. The lowest BCUT2D eigenvalue weighted by Crippen LogP contribution is -2.32. The smallest absolute Gasteiger partial charge is 0.0574 e. The van der Waals surface area contributed by atoms with Crippen molar-refractivity contribution >= 4 is 0 Å². The van der Waals surface area contributed by atoms with Crippen LogP contribution in [0.25, 0.3) is 0 Å². The van der Waals surface area contributed by atoms with Gasteiger partial charge in [-0.3, -0.25) is 9.88 Å². The first-order valence-electron chi connectivity index (χ1n) is 5.63. The first-order valence-corrected chi connectivity index (χ1v) is 5.63. The number of hydrogen-bond donors (Lipinski definition) is 1. The van der Waals surface area contributed by atoms with Crippen LogP contribution in [0.4, 0.5) is 0 Å². The number of pyridine rings is 1. The van der Waals surface area contributed by atoms with Crippen LogP contribution in [-0.4, -0.2) is 36.1 Å². The highest BCUT2D eigenvalue weighted by Gasteiger charge is 2.03. The van der Waals surface area contributed by atoms with Crippen LogP contribution in [0.1, 0.15) is 12.6 Å². The Morgan fingerprint density at radius 1 is 1.50 bits per heavy atom. The van der Waals surface area contributed by atoms with Gasteiger partial charge in [0.1, 0.15) is 0 Å². The van der Waals surface area contributed by atoms with Crippen LogP contribution >= 0.6 is 0 Å². The molecule has 1 aromatic heterocycles. The van der Waals surface area contributed by atoms with E-state index in [1.807, 2.05) is 18.3 Å². The number of terminal acetylenes is 1. The van der Waals surface area contributed by atoms with Gasteiger partial charge in [0.05, 0.1) is 12.2 Å². The lowest BCUT2D eigenvalue weighted by molar-refractivity contribution is 0.277. The van der Waals surface area contributed by atoms with Gasteiger partial charge >= 0.3 is 0 Å². The van der Waals surface area contributed by atoms with Gasteiger partial charge in [0, 0.05) is 25.8 Å². The van der Waals surface area contributed by atoms with E-state index in [0.29, 0.717) is 6.54 Å². The van der Waals surface area contributed by atoms with Crippen LogP contribution in [0.5, 0.6) is 0 Å². The van der Waals surface area contributed by atoms with Gasteiger partial charge in [0.25, 0.3) is 0 Å². The molecule has 1 N–H and O–H groups in total. The van der Waals surface area contributed by atoms with Gasteiger partial charge in [-0.25, -0.2) is 0 Å². The molecule has 0 aromatic carbocycles. The Bertz CT molecular complexity index is 316. The van der Waals surface area contributed by atoms with Gasteiger partial charge in [0.15, 0.2) is 0 Å². The van der Waals surface area contributed by atoms with Gasteiger partial charge in [0.2, 0.25) is 0 Å². The predicted octanol–water partition coefficient (Wildman–Crippen LogP) is 1.13. The highest BCUT2D eigenvalue weighted by atomic mass is 15.1. The van der Waals surface area contributed by atoms with E-state index in [2.05, 4.69) is 34.1 Å². The van der Waals surface area contributed by atoms with Gasteiger partial charge in [-0.15, -0.1) is 6.42 Å². The van der Waals surface area contributed by atoms with Crippen LogP contribution in [0.3, 0.4) is 0 Å². The molecule has 0 aliphatic carbocycles. The summed E-state index contributed by atoms with van der Waals surface area (Å²) in [7, 11) is 0. The molecule has 0 bridgehead atoms. The highest BCUT2D eigenvalue weighted by Crippen LogP contribution is 1.99. The Kier molecular flexibility index (Phi) is 6.24. The lowest BCUT2D eigenvalue weighted by atomic mass is 10.3.